The molecule has 3 aromatic heterocycles. The zero-order chi connectivity index (χ0) is 23.2. The third kappa shape index (κ3) is 9.32. The van der Waals surface area contributed by atoms with Crippen LogP contribution in [0.3, 0.4) is 0 Å². The molecule has 0 aliphatic rings. The normalized spacial score (nSPS) is 9.55. The molecular weight excluding hydrogens is 604 g/mol. The SMILES string of the molecule is CP(C)C.[C-]#[O+].[Re].c1ccc2ccccc2c1.c1cnn([B-](n2cccn2)n2cccn2)c1. The minimum Gasteiger partial charge on any atom is -0.425 e. The summed E-state index contributed by atoms with van der Waals surface area (Å²) in [5.41, 5.74) is 0. The third-order valence-corrected chi connectivity index (χ3v) is 3.94. The minimum atomic E-state index is -0.194. The van der Waals surface area contributed by atoms with Crippen molar-refractivity contribution in [1.29, 1.82) is 0 Å². The standard InChI is InChI=1S/C10H8.C9H9BN6.C3H9P.CO.Re/c1-2-6-10-8-4-3-7-9(10)5-1;1-4-11-14(7-1)10(15-8-2-5-12-15)16-9-3-6-13-16;1-4(2)3;1-2;/h1-8H;1-9H;1-3H3;;/q;-1;;;. The van der Waals surface area contributed by atoms with E-state index in [4.69, 9.17) is 4.65 Å². The molecule has 0 N–H and O–H groups in total. The van der Waals surface area contributed by atoms with E-state index in [-0.39, 0.29) is 27.5 Å². The van der Waals surface area contributed by atoms with Crippen LogP contribution < -0.4 is 0 Å². The van der Waals surface area contributed by atoms with Crippen molar-refractivity contribution in [3.8, 4) is 0 Å². The number of benzene rings is 2. The smallest absolute Gasteiger partial charge is 0.260 e. The van der Waals surface area contributed by atoms with E-state index in [2.05, 4.69) is 90.5 Å². The fourth-order valence-corrected chi connectivity index (χ4v) is 2.75. The topological polar surface area (TPSA) is 73.4 Å². The van der Waals surface area contributed by atoms with Gasteiger partial charge in [-0.25, -0.2) is 15.3 Å². The van der Waals surface area contributed by atoms with E-state index in [1.54, 1.807) is 32.4 Å². The first-order chi connectivity index (χ1) is 15.6. The second-order valence-corrected chi connectivity index (χ2v) is 9.68. The van der Waals surface area contributed by atoms with Crippen LogP contribution in [0.2, 0.25) is 0 Å². The van der Waals surface area contributed by atoms with Gasteiger partial charge in [-0.05, 0) is 67.6 Å². The maximum atomic E-state index is 7.50. The fraction of sp³-hybridized carbons (Fsp3) is 0.130. The molecule has 33 heavy (non-hydrogen) atoms. The monoisotopic (exact) mass is 631 g/mol. The van der Waals surface area contributed by atoms with Gasteiger partial charge in [0.1, 0.15) is 0 Å². The summed E-state index contributed by atoms with van der Waals surface area (Å²) >= 11 is 0. The summed E-state index contributed by atoms with van der Waals surface area (Å²) in [6.07, 6.45) is 10.9. The molecule has 2 aromatic carbocycles. The predicted octanol–water partition coefficient (Wildman–Crippen LogP) is 4.36. The van der Waals surface area contributed by atoms with E-state index >= 15 is 0 Å². The van der Waals surface area contributed by atoms with Gasteiger partial charge in [0.25, 0.3) is 7.12 Å². The molecule has 170 valence electrons. The first kappa shape index (κ1) is 28.3. The summed E-state index contributed by atoms with van der Waals surface area (Å²) in [4.78, 5) is 0. The van der Waals surface area contributed by atoms with Crippen molar-refractivity contribution >= 4 is 25.8 Å². The first-order valence-corrected chi connectivity index (χ1v) is 12.6. The Labute approximate surface area is 210 Å². The van der Waals surface area contributed by atoms with Gasteiger partial charge in [0.15, 0.2) is 0 Å². The molecule has 0 aliphatic carbocycles. The molecule has 3 heterocycles. The zero-order valence-electron chi connectivity index (χ0n) is 18.8. The van der Waals surface area contributed by atoms with E-state index in [0.717, 1.165) is 0 Å². The Morgan fingerprint density at radius 2 is 0.909 bits per heavy atom. The van der Waals surface area contributed by atoms with Crippen LogP contribution in [-0.4, -0.2) is 56.2 Å². The average Bonchev–Trinajstić information content (AvgIpc) is 3.61. The van der Waals surface area contributed by atoms with Crippen molar-refractivity contribution < 1.29 is 25.1 Å². The van der Waals surface area contributed by atoms with Crippen LogP contribution >= 0.6 is 7.92 Å². The van der Waals surface area contributed by atoms with E-state index in [0.29, 0.717) is 7.92 Å². The van der Waals surface area contributed by atoms with Crippen LogP contribution in [0, 0.1) is 6.65 Å². The summed E-state index contributed by atoms with van der Waals surface area (Å²) < 4.78 is 12.9. The van der Waals surface area contributed by atoms with E-state index in [9.17, 15) is 0 Å². The Morgan fingerprint density at radius 3 is 1.12 bits per heavy atom. The Kier molecular flexibility index (Phi) is 13.6. The first-order valence-electron chi connectivity index (χ1n) is 9.87. The maximum absolute atomic E-state index is 7.50. The molecule has 5 rings (SSSR count). The number of fused-ring (bicyclic) bond motifs is 1. The van der Waals surface area contributed by atoms with Gasteiger partial charge in [-0.15, -0.1) is 7.92 Å². The van der Waals surface area contributed by atoms with Gasteiger partial charge in [0.2, 0.25) is 0 Å². The molecule has 0 atom stereocenters. The van der Waals surface area contributed by atoms with Gasteiger partial charge in [-0.3, -0.25) is 0 Å². The summed E-state index contributed by atoms with van der Waals surface area (Å²) in [5, 5.41) is 15.3. The van der Waals surface area contributed by atoms with Crippen molar-refractivity contribution in [2.45, 2.75) is 0 Å². The molecule has 5 aromatic rings. The summed E-state index contributed by atoms with van der Waals surface area (Å²) in [6.45, 7) is 11.2. The van der Waals surface area contributed by atoms with Crippen LogP contribution in [0.25, 0.3) is 10.8 Å². The van der Waals surface area contributed by atoms with Crippen LogP contribution in [-0.2, 0) is 25.1 Å². The molecular formula is C23H26BN6OPRe-. The minimum absolute atomic E-state index is 0. The molecule has 10 heteroatoms. The number of nitrogens with zero attached hydrogens (tertiary/aromatic N) is 6. The molecule has 0 amide bonds. The Hall–Kier alpha value is -2.77. The number of hydrogen-bond donors (Lipinski definition) is 0. The van der Waals surface area contributed by atoms with E-state index < -0.39 is 0 Å². The summed E-state index contributed by atoms with van der Waals surface area (Å²) in [7, 11) is 0.185. The van der Waals surface area contributed by atoms with Gasteiger partial charge in [0, 0.05) is 39.0 Å². The summed E-state index contributed by atoms with van der Waals surface area (Å²) in [5.74, 6) is 0. The molecule has 0 saturated heterocycles. The van der Waals surface area contributed by atoms with Gasteiger partial charge >= 0.3 is 11.3 Å². The molecule has 0 fully saturated rings. The molecule has 7 nitrogen and oxygen atoms in total. The molecule has 0 spiro atoms. The molecule has 0 bridgehead atoms. The van der Waals surface area contributed by atoms with Crippen LogP contribution in [0.4, 0.5) is 0 Å². The van der Waals surface area contributed by atoms with E-state index in [1.165, 1.54) is 10.8 Å². The molecule has 0 unspecified atom stereocenters. The van der Waals surface area contributed by atoms with Gasteiger partial charge in [0.05, 0.1) is 0 Å². The molecule has 2 radical (unpaired) electrons. The van der Waals surface area contributed by atoms with Crippen LogP contribution in [0.1, 0.15) is 0 Å². The zero-order valence-corrected chi connectivity index (χ0v) is 22.4. The Balaban J connectivity index is 0.000000276. The second kappa shape index (κ2) is 15.9. The van der Waals surface area contributed by atoms with Crippen molar-refractivity contribution in [3.63, 3.8) is 0 Å². The average molecular weight is 630 g/mol. The van der Waals surface area contributed by atoms with E-state index in [1.807, 2.05) is 36.8 Å². The number of hydrogen-bond acceptors (Lipinski definition) is 3. The molecule has 0 saturated carbocycles. The van der Waals surface area contributed by atoms with Crippen molar-refractivity contribution in [3.05, 3.63) is 111 Å². The van der Waals surface area contributed by atoms with Crippen LogP contribution in [0.5, 0.6) is 0 Å². The number of rotatable bonds is 3. The van der Waals surface area contributed by atoms with Gasteiger partial charge in [-0.1, -0.05) is 48.5 Å². The Morgan fingerprint density at radius 1 is 0.636 bits per heavy atom. The fourth-order valence-electron chi connectivity index (χ4n) is 2.75. The van der Waals surface area contributed by atoms with Crippen molar-refractivity contribution in [1.82, 2.24) is 29.1 Å². The van der Waals surface area contributed by atoms with Crippen molar-refractivity contribution in [2.24, 2.45) is 0 Å². The Bertz CT molecular complexity index is 999. The predicted molar refractivity (Wildman–Crippen MR) is 131 cm³/mol. The van der Waals surface area contributed by atoms with Crippen LogP contribution in [0.15, 0.2) is 104 Å². The number of aromatic nitrogens is 6. The second-order valence-electron chi connectivity index (χ2n) is 6.99. The van der Waals surface area contributed by atoms with Gasteiger partial charge < -0.3 is 13.8 Å². The molecule has 0 aliphatic heterocycles. The van der Waals surface area contributed by atoms with Crippen molar-refractivity contribution in [2.75, 3.05) is 20.0 Å². The summed E-state index contributed by atoms with van der Waals surface area (Å²) in [6, 6.07) is 22.3. The maximum Gasteiger partial charge on any atom is 0.260 e. The largest absolute Gasteiger partial charge is 0.425 e. The third-order valence-electron chi connectivity index (χ3n) is 3.94. The van der Waals surface area contributed by atoms with Gasteiger partial charge in [-0.2, -0.15) is 0 Å². The quantitative estimate of drug-likeness (QED) is 0.129.